The second-order valence-electron chi connectivity index (χ2n) is 8.56. The summed E-state index contributed by atoms with van der Waals surface area (Å²) in [6.07, 6.45) is 1.15. The number of nitrogens with one attached hydrogen (secondary N) is 1. The van der Waals surface area contributed by atoms with E-state index in [2.05, 4.69) is 10.3 Å². The van der Waals surface area contributed by atoms with Gasteiger partial charge < -0.3 is 9.88 Å². The molecule has 0 atom stereocenters. The van der Waals surface area contributed by atoms with Crippen molar-refractivity contribution in [3.63, 3.8) is 0 Å². The molecular weight excluding hydrogens is 469 g/mol. The Morgan fingerprint density at radius 1 is 1.09 bits per heavy atom. The lowest BCUT2D eigenvalue weighted by atomic mass is 10.0. The molecule has 9 heteroatoms. The number of benzene rings is 2. The normalized spacial score (nSPS) is 11.7. The summed E-state index contributed by atoms with van der Waals surface area (Å²) in [6.45, 7) is 5.38. The molecule has 180 valence electrons. The number of hydrogen-bond donors (Lipinski definition) is 1. The molecule has 0 radical (unpaired) electrons. The van der Waals surface area contributed by atoms with E-state index >= 15 is 0 Å². The SMILES string of the molecule is Cc1ccc2c(=O)c(S(=O)(=O)c3ccc(C(C)C)cc3)cn(CC(=O)Nc3cccc(F)c3)c2n1. The number of sulfone groups is 1. The number of hydrogen-bond acceptors (Lipinski definition) is 5. The molecule has 1 amide bonds. The number of halogens is 1. The standard InChI is InChI=1S/C26H24FN3O4S/c1-16(2)18-8-10-21(11-9-18)35(33,34)23-14-30(26-22(25(23)32)12-7-17(3)28-26)15-24(31)29-20-6-4-5-19(27)13-20/h4-14,16H,15H2,1-3H3,(H,29,31). The van der Waals surface area contributed by atoms with E-state index in [1.807, 2.05) is 13.8 Å². The molecule has 7 nitrogen and oxygen atoms in total. The zero-order valence-electron chi connectivity index (χ0n) is 19.4. The van der Waals surface area contributed by atoms with E-state index in [1.165, 1.54) is 47.0 Å². The van der Waals surface area contributed by atoms with Gasteiger partial charge in [-0.2, -0.15) is 0 Å². The summed E-state index contributed by atoms with van der Waals surface area (Å²) in [5.74, 6) is -0.824. The van der Waals surface area contributed by atoms with Gasteiger partial charge in [-0.15, -0.1) is 0 Å². The summed E-state index contributed by atoms with van der Waals surface area (Å²) in [5.41, 5.74) is 1.30. The summed E-state index contributed by atoms with van der Waals surface area (Å²) in [5, 5.41) is 2.65. The third-order valence-electron chi connectivity index (χ3n) is 5.60. The molecule has 2 heterocycles. The molecule has 0 unspecified atom stereocenters. The number of carbonyl (C=O) groups is 1. The topological polar surface area (TPSA) is 98.1 Å². The fourth-order valence-electron chi connectivity index (χ4n) is 3.73. The van der Waals surface area contributed by atoms with Gasteiger partial charge in [0.1, 0.15) is 22.9 Å². The summed E-state index contributed by atoms with van der Waals surface area (Å²) in [6, 6.07) is 14.9. The minimum atomic E-state index is -4.18. The third kappa shape index (κ3) is 5.00. The molecule has 4 aromatic rings. The van der Waals surface area contributed by atoms with Gasteiger partial charge >= 0.3 is 0 Å². The number of amides is 1. The molecule has 35 heavy (non-hydrogen) atoms. The Morgan fingerprint density at radius 2 is 1.80 bits per heavy atom. The monoisotopic (exact) mass is 493 g/mol. The summed E-state index contributed by atoms with van der Waals surface area (Å²) >= 11 is 0. The van der Waals surface area contributed by atoms with Crippen molar-refractivity contribution in [3.05, 3.63) is 94.2 Å². The first-order valence-electron chi connectivity index (χ1n) is 11.0. The second-order valence-corrected chi connectivity index (χ2v) is 10.5. The van der Waals surface area contributed by atoms with E-state index in [1.54, 1.807) is 25.1 Å². The van der Waals surface area contributed by atoms with E-state index in [4.69, 9.17) is 0 Å². The molecule has 0 fully saturated rings. The number of anilines is 1. The Labute approximate surface area is 202 Å². The minimum absolute atomic E-state index is 0.0193. The van der Waals surface area contributed by atoms with Gasteiger partial charge in [-0.05, 0) is 60.9 Å². The van der Waals surface area contributed by atoms with Gasteiger partial charge in [-0.1, -0.05) is 32.0 Å². The fraction of sp³-hybridized carbons (Fsp3) is 0.192. The van der Waals surface area contributed by atoms with Crippen LogP contribution >= 0.6 is 0 Å². The highest BCUT2D eigenvalue weighted by molar-refractivity contribution is 7.91. The highest BCUT2D eigenvalue weighted by Gasteiger charge is 2.25. The van der Waals surface area contributed by atoms with E-state index < -0.39 is 31.9 Å². The van der Waals surface area contributed by atoms with E-state index in [-0.39, 0.29) is 34.1 Å². The molecule has 0 aliphatic heterocycles. The Bertz CT molecular complexity index is 1590. The Balaban J connectivity index is 1.80. The van der Waals surface area contributed by atoms with Crippen LogP contribution in [0, 0.1) is 12.7 Å². The molecule has 0 spiro atoms. The van der Waals surface area contributed by atoms with Gasteiger partial charge in [-0.3, -0.25) is 9.59 Å². The molecule has 0 bridgehead atoms. The summed E-state index contributed by atoms with van der Waals surface area (Å²) < 4.78 is 41.7. The maximum atomic E-state index is 13.5. The van der Waals surface area contributed by atoms with Crippen LogP contribution in [0.25, 0.3) is 11.0 Å². The van der Waals surface area contributed by atoms with Crippen molar-refractivity contribution < 1.29 is 17.6 Å². The number of carbonyl (C=O) groups excluding carboxylic acids is 1. The molecule has 0 aliphatic rings. The smallest absolute Gasteiger partial charge is 0.244 e. The van der Waals surface area contributed by atoms with Crippen LogP contribution in [0.3, 0.4) is 0 Å². The first kappa shape index (κ1) is 24.3. The van der Waals surface area contributed by atoms with Gasteiger partial charge in [0.15, 0.2) is 0 Å². The summed E-state index contributed by atoms with van der Waals surface area (Å²) in [7, 11) is -4.18. The van der Waals surface area contributed by atoms with Gasteiger partial charge in [-0.25, -0.2) is 17.8 Å². The van der Waals surface area contributed by atoms with Crippen LogP contribution in [0.1, 0.15) is 31.0 Å². The molecule has 2 aromatic carbocycles. The van der Waals surface area contributed by atoms with E-state index in [9.17, 15) is 22.4 Å². The summed E-state index contributed by atoms with van der Waals surface area (Å²) in [4.78, 5) is 29.9. The van der Waals surface area contributed by atoms with Gasteiger partial charge in [0.25, 0.3) is 0 Å². The predicted octanol–water partition coefficient (Wildman–Crippen LogP) is 4.44. The number of aryl methyl sites for hydroxylation is 1. The first-order valence-corrected chi connectivity index (χ1v) is 12.5. The highest BCUT2D eigenvalue weighted by atomic mass is 32.2. The first-order chi connectivity index (χ1) is 16.6. The van der Waals surface area contributed by atoms with Crippen LogP contribution in [-0.2, 0) is 21.2 Å². The lowest BCUT2D eigenvalue weighted by Crippen LogP contribution is -2.24. The van der Waals surface area contributed by atoms with Crippen LogP contribution in [-0.4, -0.2) is 23.9 Å². The van der Waals surface area contributed by atoms with Crippen molar-refractivity contribution in [2.45, 2.75) is 43.0 Å². The van der Waals surface area contributed by atoms with Crippen LogP contribution in [0.4, 0.5) is 10.1 Å². The molecule has 4 rings (SSSR count). The van der Waals surface area contributed by atoms with Crippen LogP contribution in [0.2, 0.25) is 0 Å². The van der Waals surface area contributed by atoms with Crippen molar-refractivity contribution in [1.29, 1.82) is 0 Å². The molecule has 1 N–H and O–H groups in total. The highest BCUT2D eigenvalue weighted by Crippen LogP contribution is 2.23. The maximum absolute atomic E-state index is 13.5. The van der Waals surface area contributed by atoms with E-state index in [0.29, 0.717) is 5.69 Å². The molecular formula is C26H24FN3O4S. The number of rotatable bonds is 6. The van der Waals surface area contributed by atoms with E-state index in [0.717, 1.165) is 11.8 Å². The number of fused-ring (bicyclic) bond motifs is 1. The van der Waals surface area contributed by atoms with Crippen molar-refractivity contribution in [2.24, 2.45) is 0 Å². The largest absolute Gasteiger partial charge is 0.324 e. The molecule has 0 saturated carbocycles. The van der Waals surface area contributed by atoms with Crippen molar-refractivity contribution >= 4 is 32.5 Å². The van der Waals surface area contributed by atoms with Crippen molar-refractivity contribution in [2.75, 3.05) is 5.32 Å². The molecule has 0 aliphatic carbocycles. The molecule has 0 saturated heterocycles. The third-order valence-corrected chi connectivity index (χ3v) is 7.36. The minimum Gasteiger partial charge on any atom is -0.324 e. The fourth-order valence-corrected chi connectivity index (χ4v) is 5.09. The Morgan fingerprint density at radius 3 is 2.46 bits per heavy atom. The average molecular weight is 494 g/mol. The number of pyridine rings is 2. The zero-order valence-corrected chi connectivity index (χ0v) is 20.3. The van der Waals surface area contributed by atoms with Gasteiger partial charge in [0, 0.05) is 17.6 Å². The maximum Gasteiger partial charge on any atom is 0.244 e. The Kier molecular flexibility index (Phi) is 6.53. The number of nitrogens with zero attached hydrogens (tertiary/aromatic N) is 2. The van der Waals surface area contributed by atoms with Crippen LogP contribution in [0.15, 0.2) is 81.4 Å². The van der Waals surface area contributed by atoms with Crippen LogP contribution < -0.4 is 10.7 Å². The zero-order chi connectivity index (χ0) is 25.3. The van der Waals surface area contributed by atoms with Crippen LogP contribution in [0.5, 0.6) is 0 Å². The van der Waals surface area contributed by atoms with Crippen molar-refractivity contribution in [1.82, 2.24) is 9.55 Å². The molecule has 2 aromatic heterocycles. The quantitative estimate of drug-likeness (QED) is 0.428. The Hall–Kier alpha value is -3.85. The van der Waals surface area contributed by atoms with Gasteiger partial charge in [0.05, 0.1) is 10.3 Å². The second kappa shape index (κ2) is 9.42. The lowest BCUT2D eigenvalue weighted by molar-refractivity contribution is -0.116. The lowest BCUT2D eigenvalue weighted by Gasteiger charge is -2.14. The van der Waals surface area contributed by atoms with Crippen molar-refractivity contribution in [3.8, 4) is 0 Å². The van der Waals surface area contributed by atoms with Gasteiger partial charge in [0.2, 0.25) is 21.2 Å². The number of aromatic nitrogens is 2. The average Bonchev–Trinajstić information content (AvgIpc) is 2.80. The predicted molar refractivity (Wildman–Crippen MR) is 132 cm³/mol.